The SMILES string of the molecule is CC1CN(C(=N)N)N=C1c1cc(F)ccc1O.COc1ccc(F)cc1C1=NN(C(=N)N)CC1C. The number of nitrogens with one attached hydrogen (secondary N) is 2. The zero-order valence-corrected chi connectivity index (χ0v) is 19.6. The van der Waals surface area contributed by atoms with Gasteiger partial charge in [-0.15, -0.1) is 0 Å². The van der Waals surface area contributed by atoms with Gasteiger partial charge in [0.1, 0.15) is 23.1 Å². The van der Waals surface area contributed by atoms with Crippen molar-refractivity contribution in [3.05, 3.63) is 59.2 Å². The smallest absolute Gasteiger partial charge is 0.209 e. The Labute approximate surface area is 201 Å². The number of hydrogen-bond donors (Lipinski definition) is 5. The summed E-state index contributed by atoms with van der Waals surface area (Å²) in [5, 5.41) is 35.4. The number of nitrogens with two attached hydrogens (primary N) is 2. The summed E-state index contributed by atoms with van der Waals surface area (Å²) in [5.41, 5.74) is 12.9. The van der Waals surface area contributed by atoms with Crippen molar-refractivity contribution in [3.8, 4) is 11.5 Å². The molecule has 10 nitrogen and oxygen atoms in total. The fraction of sp³-hybridized carbons (Fsp3) is 0.304. The Morgan fingerprint density at radius 3 is 1.83 bits per heavy atom. The minimum absolute atomic E-state index is 0.0217. The summed E-state index contributed by atoms with van der Waals surface area (Å²) in [6, 6.07) is 7.99. The van der Waals surface area contributed by atoms with E-state index in [9.17, 15) is 13.9 Å². The minimum atomic E-state index is -0.436. The van der Waals surface area contributed by atoms with E-state index in [4.69, 9.17) is 27.0 Å². The Hall–Kier alpha value is -4.22. The number of benzene rings is 2. The predicted molar refractivity (Wildman–Crippen MR) is 130 cm³/mol. The van der Waals surface area contributed by atoms with E-state index in [1.54, 1.807) is 6.07 Å². The van der Waals surface area contributed by atoms with E-state index in [2.05, 4.69) is 10.2 Å². The van der Waals surface area contributed by atoms with Crippen LogP contribution < -0.4 is 16.2 Å². The van der Waals surface area contributed by atoms with Gasteiger partial charge in [-0.05, 0) is 36.4 Å². The number of ether oxygens (including phenoxy) is 1. The molecule has 4 rings (SSSR count). The average molecular weight is 487 g/mol. The molecule has 0 spiro atoms. The normalized spacial score (nSPS) is 19.0. The summed E-state index contributed by atoms with van der Waals surface area (Å²) in [4.78, 5) is 0. The number of aromatic hydroxyl groups is 1. The van der Waals surface area contributed by atoms with Gasteiger partial charge < -0.3 is 21.3 Å². The highest BCUT2D eigenvalue weighted by atomic mass is 19.1. The zero-order chi connectivity index (χ0) is 25.9. The Morgan fingerprint density at radius 2 is 1.37 bits per heavy atom. The summed E-state index contributed by atoms with van der Waals surface area (Å²) in [7, 11) is 1.53. The van der Waals surface area contributed by atoms with Crippen LogP contribution in [0.1, 0.15) is 25.0 Å². The summed E-state index contributed by atoms with van der Waals surface area (Å²) >= 11 is 0. The number of rotatable bonds is 3. The van der Waals surface area contributed by atoms with Crippen molar-refractivity contribution in [1.82, 2.24) is 10.0 Å². The van der Waals surface area contributed by atoms with Crippen molar-refractivity contribution in [2.75, 3.05) is 20.2 Å². The van der Waals surface area contributed by atoms with Gasteiger partial charge in [0.2, 0.25) is 11.9 Å². The maximum absolute atomic E-state index is 13.3. The van der Waals surface area contributed by atoms with Crippen molar-refractivity contribution >= 4 is 23.3 Å². The quantitative estimate of drug-likeness (QED) is 0.331. The number of hydrazone groups is 2. The Balaban J connectivity index is 0.000000196. The van der Waals surface area contributed by atoms with E-state index in [0.29, 0.717) is 41.4 Å². The number of nitrogens with zero attached hydrogens (tertiary/aromatic N) is 4. The van der Waals surface area contributed by atoms with Gasteiger partial charge in [0, 0.05) is 23.0 Å². The summed E-state index contributed by atoms with van der Waals surface area (Å²) < 4.78 is 31.7. The van der Waals surface area contributed by atoms with E-state index in [-0.39, 0.29) is 35.3 Å². The maximum atomic E-state index is 13.3. The molecule has 35 heavy (non-hydrogen) atoms. The van der Waals surface area contributed by atoms with Crippen LogP contribution in [0, 0.1) is 34.3 Å². The number of methoxy groups -OCH3 is 1. The molecule has 0 aliphatic carbocycles. The number of hydrogen-bond acceptors (Lipinski definition) is 6. The number of phenolic OH excluding ortho intramolecular Hbond substituents is 1. The lowest BCUT2D eigenvalue weighted by molar-refractivity contribution is 0.412. The van der Waals surface area contributed by atoms with E-state index in [0.717, 1.165) is 0 Å². The molecule has 0 aromatic heterocycles. The molecule has 0 bridgehead atoms. The molecule has 2 aliphatic heterocycles. The molecule has 0 radical (unpaired) electrons. The van der Waals surface area contributed by atoms with Crippen LogP contribution in [0.3, 0.4) is 0 Å². The third-order valence-electron chi connectivity index (χ3n) is 5.51. The zero-order valence-electron chi connectivity index (χ0n) is 19.6. The van der Waals surface area contributed by atoms with Crippen LogP contribution in [0.4, 0.5) is 8.78 Å². The molecule has 0 fully saturated rings. The number of phenols is 1. The van der Waals surface area contributed by atoms with E-state index >= 15 is 0 Å². The molecule has 2 aromatic rings. The monoisotopic (exact) mass is 486 g/mol. The Morgan fingerprint density at radius 1 is 0.914 bits per heavy atom. The lowest BCUT2D eigenvalue weighted by Crippen LogP contribution is -2.31. The second kappa shape index (κ2) is 10.4. The second-order valence-electron chi connectivity index (χ2n) is 8.21. The summed E-state index contributed by atoms with van der Waals surface area (Å²) in [5.74, 6) is -0.489. The second-order valence-corrected chi connectivity index (χ2v) is 8.21. The molecule has 2 atom stereocenters. The Bertz CT molecular complexity index is 1200. The molecule has 2 aromatic carbocycles. The van der Waals surface area contributed by atoms with Gasteiger partial charge >= 0.3 is 0 Å². The highest BCUT2D eigenvalue weighted by molar-refractivity contribution is 6.06. The van der Waals surface area contributed by atoms with Gasteiger partial charge in [-0.3, -0.25) is 10.8 Å². The van der Waals surface area contributed by atoms with E-state index in [1.165, 1.54) is 47.5 Å². The van der Waals surface area contributed by atoms with Crippen molar-refractivity contribution < 1.29 is 18.6 Å². The highest BCUT2D eigenvalue weighted by Crippen LogP contribution is 2.27. The molecule has 0 amide bonds. The molecular weight excluding hydrogens is 458 g/mol. The van der Waals surface area contributed by atoms with Gasteiger partial charge in [-0.25, -0.2) is 18.8 Å². The van der Waals surface area contributed by atoms with Crippen LogP contribution in [0.2, 0.25) is 0 Å². The fourth-order valence-electron chi connectivity index (χ4n) is 3.77. The van der Waals surface area contributed by atoms with Gasteiger partial charge in [0.25, 0.3) is 0 Å². The fourth-order valence-corrected chi connectivity index (χ4v) is 3.77. The predicted octanol–water partition coefficient (Wildman–Crippen LogP) is 2.46. The first kappa shape index (κ1) is 25.4. The first-order valence-electron chi connectivity index (χ1n) is 10.7. The lowest BCUT2D eigenvalue weighted by Gasteiger charge is -2.10. The molecule has 0 saturated heterocycles. The first-order chi connectivity index (χ1) is 16.5. The molecule has 186 valence electrons. The topological polar surface area (TPSA) is 160 Å². The van der Waals surface area contributed by atoms with Gasteiger partial charge in [0.15, 0.2) is 0 Å². The number of halogens is 2. The van der Waals surface area contributed by atoms with E-state index in [1.807, 2.05) is 13.8 Å². The Kier molecular flexibility index (Phi) is 7.52. The molecule has 2 aliphatic rings. The van der Waals surface area contributed by atoms with Gasteiger partial charge in [0.05, 0.1) is 31.6 Å². The van der Waals surface area contributed by atoms with Gasteiger partial charge in [-0.1, -0.05) is 13.8 Å². The third kappa shape index (κ3) is 5.65. The molecule has 12 heteroatoms. The van der Waals surface area contributed by atoms with Crippen molar-refractivity contribution in [2.24, 2.45) is 33.5 Å². The molecular formula is C23H28F2N8O2. The van der Waals surface area contributed by atoms with Crippen molar-refractivity contribution in [1.29, 1.82) is 10.8 Å². The van der Waals surface area contributed by atoms with Crippen LogP contribution in [0.5, 0.6) is 11.5 Å². The van der Waals surface area contributed by atoms with Crippen LogP contribution in [0.15, 0.2) is 46.6 Å². The molecule has 0 saturated carbocycles. The lowest BCUT2D eigenvalue weighted by atomic mass is 9.98. The highest BCUT2D eigenvalue weighted by Gasteiger charge is 2.28. The van der Waals surface area contributed by atoms with Crippen molar-refractivity contribution in [2.45, 2.75) is 13.8 Å². The molecule has 2 heterocycles. The number of guanidine groups is 2. The summed E-state index contributed by atoms with van der Waals surface area (Å²) in [6.45, 7) is 4.81. The maximum Gasteiger partial charge on any atom is 0.209 e. The molecule has 7 N–H and O–H groups in total. The molecule has 2 unspecified atom stereocenters. The van der Waals surface area contributed by atoms with E-state index < -0.39 is 5.82 Å². The van der Waals surface area contributed by atoms with Crippen molar-refractivity contribution in [3.63, 3.8) is 0 Å². The van der Waals surface area contributed by atoms with Crippen LogP contribution in [-0.2, 0) is 0 Å². The summed E-state index contributed by atoms with van der Waals surface area (Å²) in [6.07, 6.45) is 0. The first-order valence-corrected chi connectivity index (χ1v) is 10.7. The van der Waals surface area contributed by atoms with Crippen LogP contribution in [-0.4, -0.2) is 58.7 Å². The minimum Gasteiger partial charge on any atom is -0.507 e. The largest absolute Gasteiger partial charge is 0.507 e. The third-order valence-corrected chi connectivity index (χ3v) is 5.51. The average Bonchev–Trinajstić information content (AvgIpc) is 3.39. The standard InChI is InChI=1S/C12H15FN4O.C11H13FN4O/c1-7-6-17(12(14)15)16-11(7)9-5-8(13)3-4-10(9)18-2;1-6-5-16(11(13)14)15-10(6)8-4-7(12)2-3-9(8)17/h3-5,7H,6H2,1-2H3,(H3,14,15);2-4,6,17H,5H2,1H3,(H3,13,14). The van der Waals surface area contributed by atoms with Gasteiger partial charge in [-0.2, -0.15) is 10.2 Å². The van der Waals surface area contributed by atoms with Crippen LogP contribution >= 0.6 is 0 Å². The van der Waals surface area contributed by atoms with Crippen LogP contribution in [0.25, 0.3) is 0 Å².